The average Bonchev–Trinajstić information content (AvgIpc) is 2.91. The fourth-order valence-corrected chi connectivity index (χ4v) is 3.43. The normalized spacial score (nSPS) is 26.7. The zero-order valence-corrected chi connectivity index (χ0v) is 12.7. The molecule has 1 aliphatic heterocycles. The van der Waals surface area contributed by atoms with E-state index >= 15 is 0 Å². The molecule has 5 nitrogen and oxygen atoms in total. The van der Waals surface area contributed by atoms with Crippen LogP contribution in [-0.2, 0) is 4.79 Å². The summed E-state index contributed by atoms with van der Waals surface area (Å²) in [6.07, 6.45) is 0.234. The van der Waals surface area contributed by atoms with Gasteiger partial charge in [-0.3, -0.25) is 9.59 Å². The molecule has 2 aliphatic rings. The number of rotatable bonds is 1. The van der Waals surface area contributed by atoms with Crippen LogP contribution in [0.1, 0.15) is 54.2 Å². The fourth-order valence-electron chi connectivity index (χ4n) is 3.43. The first-order valence-electron chi connectivity index (χ1n) is 7.44. The molecule has 1 amide bonds. The third-order valence-corrected chi connectivity index (χ3v) is 4.81. The summed E-state index contributed by atoms with van der Waals surface area (Å²) < 4.78 is 0. The first-order chi connectivity index (χ1) is 10.4. The monoisotopic (exact) mass is 298 g/mol. The second-order valence-electron chi connectivity index (χ2n) is 6.55. The van der Waals surface area contributed by atoms with Crippen molar-refractivity contribution in [2.24, 2.45) is 5.41 Å². The Hall–Kier alpha value is -2.19. The van der Waals surface area contributed by atoms with Crippen molar-refractivity contribution < 1.29 is 14.7 Å². The maximum Gasteiger partial charge on any atom is 0.223 e. The summed E-state index contributed by atoms with van der Waals surface area (Å²) >= 11 is 0. The van der Waals surface area contributed by atoms with Gasteiger partial charge in [0.1, 0.15) is 0 Å². The molecule has 1 fully saturated rings. The highest BCUT2D eigenvalue weighted by molar-refractivity contribution is 6.03. The molecule has 0 spiro atoms. The van der Waals surface area contributed by atoms with E-state index < -0.39 is 17.6 Å². The van der Waals surface area contributed by atoms with Crippen molar-refractivity contribution in [3.63, 3.8) is 0 Å². The second kappa shape index (κ2) is 4.92. The second-order valence-corrected chi connectivity index (χ2v) is 6.55. The van der Waals surface area contributed by atoms with E-state index in [0.29, 0.717) is 29.7 Å². The third kappa shape index (κ3) is 1.95. The van der Waals surface area contributed by atoms with E-state index in [9.17, 15) is 14.7 Å². The van der Waals surface area contributed by atoms with Gasteiger partial charge in [0, 0.05) is 18.5 Å². The van der Waals surface area contributed by atoms with Gasteiger partial charge in [-0.2, -0.15) is 5.26 Å². The average molecular weight is 298 g/mol. The number of ketones is 1. The molecule has 1 aromatic rings. The number of fused-ring (bicyclic) bond motifs is 1. The van der Waals surface area contributed by atoms with Gasteiger partial charge in [0.15, 0.2) is 5.78 Å². The maximum atomic E-state index is 12.6. The minimum absolute atomic E-state index is 0.0116. The van der Waals surface area contributed by atoms with Crippen LogP contribution in [-0.4, -0.2) is 34.3 Å². The first-order valence-corrected chi connectivity index (χ1v) is 7.44. The van der Waals surface area contributed by atoms with Crippen molar-refractivity contribution >= 4 is 11.7 Å². The number of amides is 1. The summed E-state index contributed by atoms with van der Waals surface area (Å²) in [5, 5.41) is 19.9. The van der Waals surface area contributed by atoms with Gasteiger partial charge in [-0.25, -0.2) is 0 Å². The Morgan fingerprint density at radius 2 is 2.09 bits per heavy atom. The van der Waals surface area contributed by atoms with Gasteiger partial charge in [-0.15, -0.1) is 0 Å². The minimum Gasteiger partial charge on any atom is -0.390 e. The molecule has 3 rings (SSSR count). The van der Waals surface area contributed by atoms with Crippen LogP contribution in [0, 0.1) is 16.7 Å². The van der Waals surface area contributed by atoms with E-state index in [0.717, 1.165) is 6.42 Å². The van der Waals surface area contributed by atoms with Crippen LogP contribution >= 0.6 is 0 Å². The molecule has 22 heavy (non-hydrogen) atoms. The Morgan fingerprint density at radius 3 is 2.68 bits per heavy atom. The van der Waals surface area contributed by atoms with Gasteiger partial charge in [0.2, 0.25) is 5.91 Å². The Balaban J connectivity index is 2.20. The Labute approximate surface area is 129 Å². The number of hydrogen-bond donors (Lipinski definition) is 1. The van der Waals surface area contributed by atoms with Gasteiger partial charge in [-0.1, -0.05) is 0 Å². The summed E-state index contributed by atoms with van der Waals surface area (Å²) in [4.78, 5) is 26.4. The van der Waals surface area contributed by atoms with Crippen molar-refractivity contribution in [3.8, 4) is 6.07 Å². The van der Waals surface area contributed by atoms with E-state index in [1.54, 1.807) is 36.9 Å². The molecule has 1 N–H and O–H groups in total. The quantitative estimate of drug-likeness (QED) is 0.857. The molecule has 0 aromatic heterocycles. The number of hydrogen-bond acceptors (Lipinski definition) is 4. The van der Waals surface area contributed by atoms with Crippen LogP contribution in [0.15, 0.2) is 18.2 Å². The molecule has 5 heteroatoms. The van der Waals surface area contributed by atoms with E-state index in [2.05, 4.69) is 6.07 Å². The van der Waals surface area contributed by atoms with E-state index in [-0.39, 0.29) is 11.7 Å². The molecule has 2 atom stereocenters. The van der Waals surface area contributed by atoms with Gasteiger partial charge >= 0.3 is 0 Å². The predicted octanol–water partition coefficient (Wildman–Crippen LogP) is 1.81. The minimum atomic E-state index is -0.983. The van der Waals surface area contributed by atoms with Crippen LogP contribution < -0.4 is 0 Å². The Morgan fingerprint density at radius 1 is 1.36 bits per heavy atom. The molecule has 114 valence electrons. The molecular weight excluding hydrogens is 280 g/mol. The number of aliphatic hydroxyl groups is 1. The van der Waals surface area contributed by atoms with Gasteiger partial charge < -0.3 is 10.0 Å². The Bertz CT molecular complexity index is 702. The highest BCUT2D eigenvalue weighted by atomic mass is 16.3. The number of nitrogens with zero attached hydrogens (tertiary/aromatic N) is 2. The first kappa shape index (κ1) is 14.7. The zero-order valence-electron chi connectivity index (χ0n) is 12.7. The van der Waals surface area contributed by atoms with Crippen LogP contribution in [0.2, 0.25) is 0 Å². The van der Waals surface area contributed by atoms with Crippen molar-refractivity contribution in [1.29, 1.82) is 5.26 Å². The zero-order chi connectivity index (χ0) is 16.1. The molecule has 0 unspecified atom stereocenters. The summed E-state index contributed by atoms with van der Waals surface area (Å²) in [6, 6.07) is 6.36. The SMILES string of the molecule is CC1(C)C(=O)c2ccc(C#N)cc2[C@@H](N2CCCC2=O)[C@@H]1O. The van der Waals surface area contributed by atoms with Crippen molar-refractivity contribution in [3.05, 3.63) is 34.9 Å². The van der Waals surface area contributed by atoms with Crippen LogP contribution in [0.25, 0.3) is 0 Å². The molecule has 1 heterocycles. The van der Waals surface area contributed by atoms with Gasteiger partial charge in [0.25, 0.3) is 0 Å². The lowest BCUT2D eigenvalue weighted by Crippen LogP contribution is -2.51. The lowest BCUT2D eigenvalue weighted by atomic mass is 9.68. The number of nitriles is 1. The van der Waals surface area contributed by atoms with Crippen molar-refractivity contribution in [2.45, 2.75) is 38.8 Å². The number of likely N-dealkylation sites (tertiary alicyclic amines) is 1. The molecule has 1 saturated heterocycles. The van der Waals surface area contributed by atoms with E-state index in [4.69, 9.17) is 5.26 Å². The van der Waals surface area contributed by atoms with E-state index in [1.165, 1.54) is 0 Å². The number of carbonyl (C=O) groups is 2. The highest BCUT2D eigenvalue weighted by Gasteiger charge is 2.50. The van der Waals surface area contributed by atoms with Crippen LogP contribution in [0.3, 0.4) is 0 Å². The number of Topliss-reactive ketones (excluding diaryl/α,β-unsaturated/α-hetero) is 1. The number of benzene rings is 1. The smallest absolute Gasteiger partial charge is 0.223 e. The highest BCUT2D eigenvalue weighted by Crippen LogP contribution is 2.45. The van der Waals surface area contributed by atoms with E-state index in [1.807, 2.05) is 0 Å². The predicted molar refractivity (Wildman–Crippen MR) is 79.0 cm³/mol. The fraction of sp³-hybridized carbons (Fsp3) is 0.471. The molecular formula is C17H18N2O3. The Kier molecular flexibility index (Phi) is 3.30. The topological polar surface area (TPSA) is 81.4 Å². The summed E-state index contributed by atoms with van der Waals surface area (Å²) in [5.74, 6) is -0.162. The summed E-state index contributed by atoms with van der Waals surface area (Å²) in [7, 11) is 0. The summed E-state index contributed by atoms with van der Waals surface area (Å²) in [5.41, 5.74) is 0.551. The molecule has 1 aliphatic carbocycles. The largest absolute Gasteiger partial charge is 0.390 e. The number of carbonyl (C=O) groups excluding carboxylic acids is 2. The standard InChI is InChI=1S/C17H18N2O3/c1-17(2)15(21)11-6-5-10(9-18)8-12(11)14(16(17)22)19-7-3-4-13(19)20/h5-6,8,14,16,22H,3-4,7H2,1-2H3/t14-,16+/m1/s1. The van der Waals surface area contributed by atoms with Gasteiger partial charge in [0.05, 0.1) is 29.2 Å². The number of aliphatic hydroxyl groups excluding tert-OH is 1. The molecule has 1 aromatic carbocycles. The maximum absolute atomic E-state index is 12.6. The lowest BCUT2D eigenvalue weighted by Gasteiger charge is -2.44. The van der Waals surface area contributed by atoms with Crippen molar-refractivity contribution in [1.82, 2.24) is 4.90 Å². The lowest BCUT2D eigenvalue weighted by molar-refractivity contribution is -0.134. The molecule has 0 bridgehead atoms. The van der Waals surface area contributed by atoms with Crippen molar-refractivity contribution in [2.75, 3.05) is 6.54 Å². The molecule has 0 saturated carbocycles. The van der Waals surface area contributed by atoms with Crippen LogP contribution in [0.5, 0.6) is 0 Å². The van der Waals surface area contributed by atoms with Gasteiger partial charge in [-0.05, 0) is 44.0 Å². The molecule has 0 radical (unpaired) electrons. The van der Waals surface area contributed by atoms with Crippen LogP contribution in [0.4, 0.5) is 0 Å². The summed E-state index contributed by atoms with van der Waals surface area (Å²) in [6.45, 7) is 3.98. The third-order valence-electron chi connectivity index (χ3n) is 4.81.